The predicted octanol–water partition coefficient (Wildman–Crippen LogP) is 4.11. The van der Waals surface area contributed by atoms with Crippen molar-refractivity contribution in [2.75, 3.05) is 11.9 Å². The van der Waals surface area contributed by atoms with Gasteiger partial charge in [0.2, 0.25) is 0 Å². The van der Waals surface area contributed by atoms with Gasteiger partial charge in [-0.05, 0) is 38.2 Å². The maximum atomic E-state index is 12.1. The van der Waals surface area contributed by atoms with Crippen molar-refractivity contribution in [3.63, 3.8) is 0 Å². The highest BCUT2D eigenvalue weighted by molar-refractivity contribution is 6.33. The molecule has 0 aliphatic carbocycles. The number of hydrogen-bond donors (Lipinski definition) is 2. The third-order valence-electron chi connectivity index (χ3n) is 3.20. The van der Waals surface area contributed by atoms with Crippen molar-refractivity contribution < 1.29 is 4.79 Å². The molecule has 118 valence electrons. The number of aromatic nitrogens is 1. The smallest absolute Gasteiger partial charge is 0.253 e. The minimum absolute atomic E-state index is 0.123. The largest absolute Gasteiger partial charge is 0.369 e. The molecule has 0 aromatic carbocycles. The molecule has 1 amide bonds. The first-order valence-electron chi connectivity index (χ1n) is 7.64. The summed E-state index contributed by atoms with van der Waals surface area (Å²) in [5.41, 5.74) is 0.499. The summed E-state index contributed by atoms with van der Waals surface area (Å²) in [6.07, 6.45) is 4.63. The molecule has 0 aliphatic rings. The molecule has 2 N–H and O–H groups in total. The number of pyridine rings is 1. The summed E-state index contributed by atoms with van der Waals surface area (Å²) in [6.45, 7) is 9.26. The summed E-state index contributed by atoms with van der Waals surface area (Å²) in [7, 11) is 0. The van der Waals surface area contributed by atoms with E-state index in [0.29, 0.717) is 22.3 Å². The van der Waals surface area contributed by atoms with Crippen molar-refractivity contribution >= 4 is 23.3 Å². The third kappa shape index (κ3) is 6.34. The van der Waals surface area contributed by atoms with Crippen LogP contribution >= 0.6 is 11.6 Å². The van der Waals surface area contributed by atoms with Gasteiger partial charge in [-0.25, -0.2) is 4.98 Å². The van der Waals surface area contributed by atoms with E-state index < -0.39 is 0 Å². The van der Waals surface area contributed by atoms with Gasteiger partial charge in [0, 0.05) is 18.8 Å². The van der Waals surface area contributed by atoms with E-state index in [9.17, 15) is 4.79 Å². The van der Waals surface area contributed by atoms with Crippen LogP contribution in [0.25, 0.3) is 0 Å². The summed E-state index contributed by atoms with van der Waals surface area (Å²) < 4.78 is 0. The molecule has 5 heteroatoms. The quantitative estimate of drug-likeness (QED) is 0.759. The van der Waals surface area contributed by atoms with Crippen LogP contribution in [0.1, 0.15) is 57.3 Å². The Morgan fingerprint density at radius 2 is 2.05 bits per heavy atom. The Labute approximate surface area is 132 Å². The molecule has 1 aromatic heterocycles. The molecule has 21 heavy (non-hydrogen) atoms. The van der Waals surface area contributed by atoms with Gasteiger partial charge >= 0.3 is 0 Å². The van der Waals surface area contributed by atoms with Crippen LogP contribution < -0.4 is 10.6 Å². The second kappa shape index (κ2) is 8.88. The molecule has 0 bridgehead atoms. The lowest BCUT2D eigenvalue weighted by molar-refractivity contribution is 0.0937. The predicted molar refractivity (Wildman–Crippen MR) is 89.0 cm³/mol. The molecule has 1 heterocycles. The summed E-state index contributed by atoms with van der Waals surface area (Å²) in [4.78, 5) is 16.4. The van der Waals surface area contributed by atoms with Gasteiger partial charge in [0.15, 0.2) is 0 Å². The van der Waals surface area contributed by atoms with Crippen molar-refractivity contribution in [3.05, 3.63) is 22.8 Å². The number of amides is 1. The first-order chi connectivity index (χ1) is 9.93. The highest BCUT2D eigenvalue weighted by atomic mass is 35.5. The molecular formula is C16H26ClN3O. The Hall–Kier alpha value is -1.29. The van der Waals surface area contributed by atoms with Gasteiger partial charge in [-0.2, -0.15) is 0 Å². The number of carbonyl (C=O) groups excluding carboxylic acids is 1. The Kier molecular flexibility index (Phi) is 7.51. The molecule has 1 aromatic rings. The maximum Gasteiger partial charge on any atom is 0.253 e. The van der Waals surface area contributed by atoms with Gasteiger partial charge in [-0.3, -0.25) is 4.79 Å². The average Bonchev–Trinajstić information content (AvgIpc) is 2.43. The Balaban J connectivity index is 2.60. The van der Waals surface area contributed by atoms with Crippen molar-refractivity contribution in [2.24, 2.45) is 5.92 Å². The molecule has 0 saturated carbocycles. The fourth-order valence-corrected chi connectivity index (χ4v) is 2.13. The normalized spacial score (nSPS) is 12.3. The Bertz CT molecular complexity index is 463. The van der Waals surface area contributed by atoms with Crippen molar-refractivity contribution in [1.29, 1.82) is 0 Å². The topological polar surface area (TPSA) is 54.0 Å². The van der Waals surface area contributed by atoms with E-state index in [-0.39, 0.29) is 11.9 Å². The number of anilines is 1. The first-order valence-corrected chi connectivity index (χ1v) is 8.02. The fourth-order valence-electron chi connectivity index (χ4n) is 1.90. The van der Waals surface area contributed by atoms with Gasteiger partial charge in [0.1, 0.15) is 5.82 Å². The highest BCUT2D eigenvalue weighted by Gasteiger charge is 2.12. The Morgan fingerprint density at radius 3 is 2.62 bits per heavy atom. The van der Waals surface area contributed by atoms with Gasteiger partial charge in [-0.1, -0.05) is 32.4 Å². The zero-order chi connectivity index (χ0) is 15.8. The molecule has 0 aliphatic heterocycles. The SMILES string of the molecule is CCCNc1ncc(C(=O)NC(C)CCC(C)C)cc1Cl. The maximum absolute atomic E-state index is 12.1. The van der Waals surface area contributed by atoms with Crippen LogP contribution in [0.3, 0.4) is 0 Å². The summed E-state index contributed by atoms with van der Waals surface area (Å²) in [6, 6.07) is 1.81. The van der Waals surface area contributed by atoms with Gasteiger partial charge in [-0.15, -0.1) is 0 Å². The molecule has 1 rings (SSSR count). The number of hydrogen-bond acceptors (Lipinski definition) is 3. The van der Waals surface area contributed by atoms with Crippen LogP contribution in [0.15, 0.2) is 12.3 Å². The number of carbonyl (C=O) groups is 1. The second-order valence-electron chi connectivity index (χ2n) is 5.83. The van der Waals surface area contributed by atoms with E-state index >= 15 is 0 Å². The lowest BCUT2D eigenvalue weighted by atomic mass is 10.0. The molecule has 1 atom stereocenters. The van der Waals surface area contributed by atoms with Crippen LogP contribution in [0.4, 0.5) is 5.82 Å². The van der Waals surface area contributed by atoms with Crippen LogP contribution in [0, 0.1) is 5.92 Å². The molecular weight excluding hydrogens is 286 g/mol. The molecule has 0 radical (unpaired) electrons. The second-order valence-corrected chi connectivity index (χ2v) is 6.23. The summed E-state index contributed by atoms with van der Waals surface area (Å²) in [5.74, 6) is 1.15. The van der Waals surface area contributed by atoms with Crippen LogP contribution in [0.5, 0.6) is 0 Å². The number of nitrogens with zero attached hydrogens (tertiary/aromatic N) is 1. The zero-order valence-electron chi connectivity index (χ0n) is 13.4. The molecule has 0 spiro atoms. The molecule has 4 nitrogen and oxygen atoms in total. The van der Waals surface area contributed by atoms with Crippen LogP contribution in [-0.4, -0.2) is 23.5 Å². The first kappa shape index (κ1) is 17.8. The van der Waals surface area contributed by atoms with E-state index in [1.165, 1.54) is 0 Å². The van der Waals surface area contributed by atoms with Gasteiger partial charge in [0.05, 0.1) is 10.6 Å². The minimum atomic E-state index is -0.123. The van der Waals surface area contributed by atoms with Gasteiger partial charge in [0.25, 0.3) is 5.91 Å². The molecule has 0 fully saturated rings. The highest BCUT2D eigenvalue weighted by Crippen LogP contribution is 2.20. The number of halogens is 1. The zero-order valence-corrected chi connectivity index (χ0v) is 14.1. The molecule has 1 unspecified atom stereocenters. The lowest BCUT2D eigenvalue weighted by Gasteiger charge is -2.15. The molecule has 0 saturated heterocycles. The van der Waals surface area contributed by atoms with E-state index in [1.807, 2.05) is 6.92 Å². The monoisotopic (exact) mass is 311 g/mol. The van der Waals surface area contributed by atoms with Crippen LogP contribution in [0.2, 0.25) is 5.02 Å². The van der Waals surface area contributed by atoms with E-state index in [2.05, 4.69) is 36.4 Å². The minimum Gasteiger partial charge on any atom is -0.369 e. The van der Waals surface area contributed by atoms with Gasteiger partial charge < -0.3 is 10.6 Å². The lowest BCUT2D eigenvalue weighted by Crippen LogP contribution is -2.32. The fraction of sp³-hybridized carbons (Fsp3) is 0.625. The number of rotatable bonds is 8. The van der Waals surface area contributed by atoms with E-state index in [0.717, 1.165) is 25.8 Å². The van der Waals surface area contributed by atoms with E-state index in [4.69, 9.17) is 11.6 Å². The van der Waals surface area contributed by atoms with Crippen molar-refractivity contribution in [3.8, 4) is 0 Å². The van der Waals surface area contributed by atoms with Crippen LogP contribution in [-0.2, 0) is 0 Å². The number of nitrogens with one attached hydrogen (secondary N) is 2. The third-order valence-corrected chi connectivity index (χ3v) is 3.49. The summed E-state index contributed by atoms with van der Waals surface area (Å²) in [5, 5.41) is 6.59. The van der Waals surface area contributed by atoms with Crippen molar-refractivity contribution in [1.82, 2.24) is 10.3 Å². The van der Waals surface area contributed by atoms with E-state index in [1.54, 1.807) is 12.3 Å². The van der Waals surface area contributed by atoms with Crippen molar-refractivity contribution in [2.45, 2.75) is 53.0 Å². The average molecular weight is 312 g/mol. The standard InChI is InChI=1S/C16H26ClN3O/c1-5-8-18-15-14(17)9-13(10-19-15)16(21)20-12(4)7-6-11(2)3/h9-12H,5-8H2,1-4H3,(H,18,19)(H,20,21). The Morgan fingerprint density at radius 1 is 1.33 bits per heavy atom. The summed E-state index contributed by atoms with van der Waals surface area (Å²) >= 11 is 6.14.